The third-order valence-corrected chi connectivity index (χ3v) is 0.805. The van der Waals surface area contributed by atoms with Gasteiger partial charge in [-0.2, -0.15) is 0 Å². The number of carboxylic acids is 2. The quantitative estimate of drug-likeness (QED) is 0.527. The van der Waals surface area contributed by atoms with Crippen LogP contribution in [0.5, 0.6) is 0 Å². The summed E-state index contributed by atoms with van der Waals surface area (Å²) in [5.41, 5.74) is 0. The zero-order valence-corrected chi connectivity index (χ0v) is 8.64. The maximum absolute atomic E-state index is 9.71. The Morgan fingerprint density at radius 2 is 1.33 bits per heavy atom. The maximum atomic E-state index is 9.71. The molecule has 0 aliphatic carbocycles. The van der Waals surface area contributed by atoms with Crippen LogP contribution >= 0.6 is 0 Å². The Kier molecular flexibility index (Phi) is 14.4. The Labute approximate surface area is 100 Å². The van der Waals surface area contributed by atoms with E-state index in [0.29, 0.717) is 0 Å². The second kappa shape index (κ2) is 9.47. The van der Waals surface area contributed by atoms with Crippen molar-refractivity contribution in [1.82, 2.24) is 0 Å². The standard InChI is InChI=1S/C5H8O5.2Ag/c6-3(1-4(7)8)2-5(9)10;;/h3,6H,1-2H2,(H,7,8)(H,9,10);;/q;2*+1/p-2. The summed E-state index contributed by atoms with van der Waals surface area (Å²) >= 11 is 0. The normalized spacial score (nSPS) is 8.17. The summed E-state index contributed by atoms with van der Waals surface area (Å²) in [5, 5.41) is 28.0. The average molecular weight is 362 g/mol. The molecule has 7 heteroatoms. The molecule has 0 heterocycles. The Morgan fingerprint density at radius 3 is 1.50 bits per heavy atom. The Balaban J connectivity index is -0.000000405. The molecule has 0 rings (SSSR count). The smallest absolute Gasteiger partial charge is 0.550 e. The summed E-state index contributed by atoms with van der Waals surface area (Å²) in [6.45, 7) is 0. The molecule has 0 bridgehead atoms. The number of carbonyl (C=O) groups is 2. The van der Waals surface area contributed by atoms with Gasteiger partial charge in [0.25, 0.3) is 0 Å². The van der Waals surface area contributed by atoms with Crippen LogP contribution in [0.4, 0.5) is 0 Å². The molecule has 0 saturated heterocycles. The first-order valence-electron chi connectivity index (χ1n) is 2.60. The minimum atomic E-state index is -1.48. The molecule has 0 unspecified atom stereocenters. The first kappa shape index (κ1) is 18.2. The molecule has 0 aliphatic heterocycles. The largest absolute Gasteiger partial charge is 1.00 e. The summed E-state index contributed by atoms with van der Waals surface area (Å²) in [6.07, 6.45) is -2.75. The van der Waals surface area contributed by atoms with E-state index in [1.807, 2.05) is 0 Å². The predicted octanol–water partition coefficient (Wildman–Crippen LogP) is -3.38. The minimum absolute atomic E-state index is 0. The van der Waals surface area contributed by atoms with Crippen LogP contribution in [0.3, 0.4) is 0 Å². The van der Waals surface area contributed by atoms with Crippen LogP contribution in [0.1, 0.15) is 12.8 Å². The molecule has 0 atom stereocenters. The van der Waals surface area contributed by atoms with E-state index >= 15 is 0 Å². The van der Waals surface area contributed by atoms with Crippen molar-refractivity contribution in [3.05, 3.63) is 0 Å². The molecular weight excluding hydrogens is 356 g/mol. The Hall–Kier alpha value is 0.381. The zero-order valence-electron chi connectivity index (χ0n) is 5.67. The van der Waals surface area contributed by atoms with Crippen LogP contribution in [0.25, 0.3) is 0 Å². The van der Waals surface area contributed by atoms with Gasteiger partial charge in [-0.05, 0) is 0 Å². The number of aliphatic hydroxyl groups excluding tert-OH is 1. The second-order valence-corrected chi connectivity index (χ2v) is 1.81. The molecular formula is C5H6Ag2O5. The predicted molar refractivity (Wildman–Crippen MR) is 25.3 cm³/mol. The van der Waals surface area contributed by atoms with Crippen molar-refractivity contribution in [2.24, 2.45) is 0 Å². The summed E-state index contributed by atoms with van der Waals surface area (Å²) in [6, 6.07) is 0. The van der Waals surface area contributed by atoms with Crippen molar-refractivity contribution in [3.8, 4) is 0 Å². The molecule has 0 radical (unpaired) electrons. The third kappa shape index (κ3) is 13.0. The van der Waals surface area contributed by atoms with Gasteiger partial charge in [-0.1, -0.05) is 0 Å². The maximum Gasteiger partial charge on any atom is 1.00 e. The van der Waals surface area contributed by atoms with Crippen molar-refractivity contribution in [3.63, 3.8) is 0 Å². The molecule has 0 aromatic heterocycles. The van der Waals surface area contributed by atoms with Crippen LogP contribution in [0, 0.1) is 0 Å². The Bertz CT molecular complexity index is 133. The number of carbonyl (C=O) groups excluding carboxylic acids is 2. The first-order valence-corrected chi connectivity index (χ1v) is 2.60. The first-order chi connectivity index (χ1) is 4.52. The van der Waals surface area contributed by atoms with Crippen LogP contribution in [0.2, 0.25) is 0 Å². The molecule has 0 fully saturated rings. The monoisotopic (exact) mass is 360 g/mol. The topological polar surface area (TPSA) is 100 Å². The van der Waals surface area contributed by atoms with Crippen molar-refractivity contribution < 1.29 is 69.7 Å². The van der Waals surface area contributed by atoms with Crippen LogP contribution in [0.15, 0.2) is 0 Å². The van der Waals surface area contributed by atoms with E-state index in [1.54, 1.807) is 0 Å². The molecule has 0 saturated carbocycles. The van der Waals surface area contributed by atoms with E-state index in [9.17, 15) is 19.8 Å². The molecule has 0 aromatic rings. The van der Waals surface area contributed by atoms with Crippen LogP contribution < -0.4 is 10.2 Å². The molecule has 0 amide bonds. The van der Waals surface area contributed by atoms with E-state index in [1.165, 1.54) is 0 Å². The van der Waals surface area contributed by atoms with Gasteiger partial charge in [0.2, 0.25) is 0 Å². The third-order valence-electron chi connectivity index (χ3n) is 0.805. The van der Waals surface area contributed by atoms with Crippen molar-refractivity contribution in [1.29, 1.82) is 0 Å². The van der Waals surface area contributed by atoms with E-state index in [4.69, 9.17) is 5.11 Å². The van der Waals surface area contributed by atoms with Gasteiger partial charge in [0.15, 0.2) is 0 Å². The van der Waals surface area contributed by atoms with Gasteiger partial charge in [0.1, 0.15) is 0 Å². The van der Waals surface area contributed by atoms with Gasteiger partial charge < -0.3 is 24.9 Å². The molecule has 12 heavy (non-hydrogen) atoms. The number of aliphatic carboxylic acids is 2. The summed E-state index contributed by atoms with van der Waals surface area (Å²) in [5.74, 6) is -2.96. The summed E-state index contributed by atoms with van der Waals surface area (Å²) < 4.78 is 0. The van der Waals surface area contributed by atoms with Gasteiger partial charge in [-0.3, -0.25) is 0 Å². The van der Waals surface area contributed by atoms with E-state index in [-0.39, 0.29) is 44.8 Å². The van der Waals surface area contributed by atoms with E-state index in [0.717, 1.165) is 0 Å². The van der Waals surface area contributed by atoms with Crippen molar-refractivity contribution in [2.75, 3.05) is 0 Å². The van der Waals surface area contributed by atoms with Crippen LogP contribution in [-0.4, -0.2) is 23.1 Å². The Morgan fingerprint density at radius 1 is 1.08 bits per heavy atom. The summed E-state index contributed by atoms with van der Waals surface area (Å²) in [7, 11) is 0. The van der Waals surface area contributed by atoms with Gasteiger partial charge in [-0.25, -0.2) is 0 Å². The SMILES string of the molecule is O=C([O-])CC(O)CC(=O)[O-].[Ag+].[Ag+]. The van der Waals surface area contributed by atoms with Crippen molar-refractivity contribution >= 4 is 11.9 Å². The van der Waals surface area contributed by atoms with E-state index < -0.39 is 30.9 Å². The minimum Gasteiger partial charge on any atom is -0.550 e. The molecule has 0 aromatic carbocycles. The van der Waals surface area contributed by atoms with Gasteiger partial charge in [0.05, 0.1) is 6.10 Å². The number of carboxylic acid groups (broad SMARTS) is 2. The van der Waals surface area contributed by atoms with Crippen molar-refractivity contribution in [2.45, 2.75) is 18.9 Å². The molecule has 1 N–H and O–H groups in total. The molecule has 0 aliphatic rings. The second-order valence-electron chi connectivity index (χ2n) is 1.81. The molecule has 5 nitrogen and oxygen atoms in total. The zero-order chi connectivity index (χ0) is 8.15. The number of aliphatic hydroxyl groups is 1. The fourth-order valence-corrected chi connectivity index (χ4v) is 0.457. The van der Waals surface area contributed by atoms with Crippen LogP contribution in [-0.2, 0) is 54.3 Å². The number of rotatable bonds is 4. The molecule has 78 valence electrons. The average Bonchev–Trinajstić information content (AvgIpc) is 1.58. The summed E-state index contributed by atoms with van der Waals surface area (Å²) in [4.78, 5) is 19.4. The number of hydrogen-bond acceptors (Lipinski definition) is 5. The fourth-order valence-electron chi connectivity index (χ4n) is 0.457. The van der Waals surface area contributed by atoms with Gasteiger partial charge in [-0.15, -0.1) is 0 Å². The number of hydrogen-bond donors (Lipinski definition) is 1. The fraction of sp³-hybridized carbons (Fsp3) is 0.600. The van der Waals surface area contributed by atoms with E-state index in [2.05, 4.69) is 0 Å². The van der Waals surface area contributed by atoms with Gasteiger partial charge in [0, 0.05) is 24.8 Å². The van der Waals surface area contributed by atoms with Gasteiger partial charge >= 0.3 is 44.8 Å². The molecule has 0 spiro atoms.